The lowest BCUT2D eigenvalue weighted by Gasteiger charge is -2.15. The highest BCUT2D eigenvalue weighted by Gasteiger charge is 2.46. The monoisotopic (exact) mass is 244 g/mol. The number of hydrogen-bond acceptors (Lipinski definition) is 3. The van der Waals surface area contributed by atoms with Gasteiger partial charge in [-0.2, -0.15) is 0 Å². The summed E-state index contributed by atoms with van der Waals surface area (Å²) in [6.07, 6.45) is 1.18. The Morgan fingerprint density at radius 1 is 1.53 bits per heavy atom. The highest BCUT2D eigenvalue weighted by atomic mass is 16.5. The Kier molecular flexibility index (Phi) is 4.34. The van der Waals surface area contributed by atoms with E-state index < -0.39 is 18.0 Å². The van der Waals surface area contributed by atoms with E-state index in [-0.39, 0.29) is 17.9 Å². The SMILES string of the molecule is COCCC(NC(=O)NC1CC1(C)C)C(=O)O. The first-order chi connectivity index (χ1) is 7.86. The molecule has 6 heteroatoms. The summed E-state index contributed by atoms with van der Waals surface area (Å²) >= 11 is 0. The minimum absolute atomic E-state index is 0.128. The number of carboxylic acids is 1. The lowest BCUT2D eigenvalue weighted by Crippen LogP contribution is -2.47. The third kappa shape index (κ3) is 4.22. The van der Waals surface area contributed by atoms with E-state index in [0.29, 0.717) is 6.61 Å². The van der Waals surface area contributed by atoms with Gasteiger partial charge in [0.1, 0.15) is 6.04 Å². The first-order valence-electron chi connectivity index (χ1n) is 5.65. The first kappa shape index (κ1) is 13.8. The van der Waals surface area contributed by atoms with Gasteiger partial charge in [-0.05, 0) is 11.8 Å². The number of methoxy groups -OCH3 is 1. The summed E-state index contributed by atoms with van der Waals surface area (Å²) in [6, 6.07) is -1.19. The average molecular weight is 244 g/mol. The van der Waals surface area contributed by atoms with Crippen LogP contribution in [0.2, 0.25) is 0 Å². The molecule has 0 aromatic heterocycles. The van der Waals surface area contributed by atoms with Crippen molar-refractivity contribution < 1.29 is 19.4 Å². The topological polar surface area (TPSA) is 87.7 Å². The maximum absolute atomic E-state index is 11.5. The number of aliphatic carboxylic acids is 1. The normalized spacial score (nSPS) is 22.6. The molecule has 1 rings (SSSR count). The lowest BCUT2D eigenvalue weighted by atomic mass is 10.2. The minimum Gasteiger partial charge on any atom is -0.480 e. The summed E-state index contributed by atoms with van der Waals surface area (Å²) in [5.74, 6) is -1.05. The Morgan fingerprint density at radius 3 is 2.53 bits per heavy atom. The van der Waals surface area contributed by atoms with Crippen LogP contribution in [0.15, 0.2) is 0 Å². The van der Waals surface area contributed by atoms with Gasteiger partial charge in [0.15, 0.2) is 0 Å². The number of urea groups is 1. The molecule has 1 fully saturated rings. The van der Waals surface area contributed by atoms with Crippen LogP contribution in [-0.2, 0) is 9.53 Å². The lowest BCUT2D eigenvalue weighted by molar-refractivity contribution is -0.139. The minimum atomic E-state index is -1.05. The van der Waals surface area contributed by atoms with Gasteiger partial charge in [0.25, 0.3) is 0 Å². The molecule has 1 aliphatic carbocycles. The molecule has 3 N–H and O–H groups in total. The Hall–Kier alpha value is -1.30. The van der Waals surface area contributed by atoms with Crippen LogP contribution in [0.5, 0.6) is 0 Å². The molecule has 2 amide bonds. The van der Waals surface area contributed by atoms with E-state index in [1.165, 1.54) is 7.11 Å². The van der Waals surface area contributed by atoms with Gasteiger partial charge in [-0.1, -0.05) is 13.8 Å². The fourth-order valence-electron chi connectivity index (χ4n) is 1.56. The van der Waals surface area contributed by atoms with Crippen molar-refractivity contribution in [3.63, 3.8) is 0 Å². The van der Waals surface area contributed by atoms with E-state index in [9.17, 15) is 9.59 Å². The molecule has 0 radical (unpaired) electrons. The second kappa shape index (κ2) is 5.35. The van der Waals surface area contributed by atoms with Crippen molar-refractivity contribution in [2.24, 2.45) is 5.41 Å². The van der Waals surface area contributed by atoms with Crippen molar-refractivity contribution in [3.8, 4) is 0 Å². The smallest absolute Gasteiger partial charge is 0.326 e. The Labute approximate surface area is 101 Å². The summed E-state index contributed by atoms with van der Waals surface area (Å²) in [4.78, 5) is 22.4. The van der Waals surface area contributed by atoms with Crippen LogP contribution in [0.1, 0.15) is 26.7 Å². The number of amides is 2. The fourth-order valence-corrected chi connectivity index (χ4v) is 1.56. The molecule has 0 heterocycles. The highest BCUT2D eigenvalue weighted by molar-refractivity contribution is 5.82. The van der Waals surface area contributed by atoms with Crippen LogP contribution < -0.4 is 10.6 Å². The molecule has 0 saturated heterocycles. The maximum atomic E-state index is 11.5. The molecule has 0 aromatic carbocycles. The van der Waals surface area contributed by atoms with Gasteiger partial charge >= 0.3 is 12.0 Å². The van der Waals surface area contributed by atoms with Crippen LogP contribution in [0, 0.1) is 5.41 Å². The molecule has 0 spiro atoms. The van der Waals surface area contributed by atoms with Crippen LogP contribution in [0.25, 0.3) is 0 Å². The number of hydrogen-bond donors (Lipinski definition) is 3. The van der Waals surface area contributed by atoms with Gasteiger partial charge in [0, 0.05) is 26.2 Å². The first-order valence-corrected chi connectivity index (χ1v) is 5.65. The third-order valence-electron chi connectivity index (χ3n) is 3.03. The third-order valence-corrected chi connectivity index (χ3v) is 3.03. The molecular weight excluding hydrogens is 224 g/mol. The van der Waals surface area contributed by atoms with E-state index in [2.05, 4.69) is 24.5 Å². The largest absolute Gasteiger partial charge is 0.480 e. The Morgan fingerprint density at radius 2 is 2.12 bits per heavy atom. The Bertz CT molecular complexity index is 304. The molecular formula is C11H20N2O4. The van der Waals surface area contributed by atoms with Crippen LogP contribution in [0.4, 0.5) is 4.79 Å². The molecule has 2 atom stereocenters. The van der Waals surface area contributed by atoms with Crippen LogP contribution in [-0.4, -0.2) is 42.9 Å². The number of nitrogens with one attached hydrogen (secondary N) is 2. The van der Waals surface area contributed by atoms with Gasteiger partial charge in [-0.15, -0.1) is 0 Å². The van der Waals surface area contributed by atoms with E-state index in [0.717, 1.165) is 6.42 Å². The van der Waals surface area contributed by atoms with Gasteiger partial charge < -0.3 is 20.5 Å². The molecule has 17 heavy (non-hydrogen) atoms. The van der Waals surface area contributed by atoms with Crippen molar-refractivity contribution in [1.29, 1.82) is 0 Å². The predicted molar refractivity (Wildman–Crippen MR) is 61.8 cm³/mol. The van der Waals surface area contributed by atoms with E-state index >= 15 is 0 Å². The number of ether oxygens (including phenoxy) is 1. The molecule has 98 valence electrons. The average Bonchev–Trinajstić information content (AvgIpc) is 2.80. The predicted octanol–water partition coefficient (Wildman–Crippen LogP) is 0.574. The quantitative estimate of drug-likeness (QED) is 0.637. The molecule has 0 aliphatic heterocycles. The summed E-state index contributed by atoms with van der Waals surface area (Å²) in [6.45, 7) is 4.40. The maximum Gasteiger partial charge on any atom is 0.326 e. The van der Waals surface area contributed by atoms with Crippen molar-refractivity contribution >= 4 is 12.0 Å². The molecule has 0 bridgehead atoms. The summed E-state index contributed by atoms with van der Waals surface area (Å²) in [7, 11) is 1.49. The molecule has 6 nitrogen and oxygen atoms in total. The van der Waals surface area contributed by atoms with E-state index in [1.807, 2.05) is 0 Å². The number of carboxylic acid groups (broad SMARTS) is 1. The number of carbonyl (C=O) groups excluding carboxylic acids is 1. The van der Waals surface area contributed by atoms with E-state index in [1.54, 1.807) is 0 Å². The van der Waals surface area contributed by atoms with Gasteiger partial charge in [0.05, 0.1) is 0 Å². The fraction of sp³-hybridized carbons (Fsp3) is 0.818. The second-order valence-corrected chi connectivity index (χ2v) is 5.04. The van der Waals surface area contributed by atoms with Gasteiger partial charge in [-0.25, -0.2) is 9.59 Å². The second-order valence-electron chi connectivity index (χ2n) is 5.04. The van der Waals surface area contributed by atoms with E-state index in [4.69, 9.17) is 9.84 Å². The van der Waals surface area contributed by atoms with Crippen molar-refractivity contribution in [2.45, 2.75) is 38.8 Å². The number of carbonyl (C=O) groups is 2. The molecule has 0 aromatic rings. The highest BCUT2D eigenvalue weighted by Crippen LogP contribution is 2.44. The summed E-state index contributed by atoms with van der Waals surface area (Å²) in [5.41, 5.74) is 0.128. The Balaban J connectivity index is 2.34. The molecule has 1 saturated carbocycles. The van der Waals surface area contributed by atoms with Crippen LogP contribution >= 0.6 is 0 Å². The molecule has 1 aliphatic rings. The van der Waals surface area contributed by atoms with Crippen LogP contribution in [0.3, 0.4) is 0 Å². The van der Waals surface area contributed by atoms with Crippen molar-refractivity contribution in [3.05, 3.63) is 0 Å². The number of rotatable bonds is 6. The zero-order valence-electron chi connectivity index (χ0n) is 10.4. The summed E-state index contributed by atoms with van der Waals surface area (Å²) < 4.78 is 4.80. The van der Waals surface area contributed by atoms with Crippen molar-refractivity contribution in [2.75, 3.05) is 13.7 Å². The molecule has 2 unspecified atom stereocenters. The standard InChI is InChI=1S/C11H20N2O4/c1-11(2)6-8(11)13-10(16)12-7(9(14)15)4-5-17-3/h7-8H,4-6H2,1-3H3,(H,14,15)(H2,12,13,16). The van der Waals surface area contributed by atoms with Gasteiger partial charge in [0.2, 0.25) is 0 Å². The zero-order chi connectivity index (χ0) is 13.1. The van der Waals surface area contributed by atoms with Gasteiger partial charge in [-0.3, -0.25) is 0 Å². The summed E-state index contributed by atoms with van der Waals surface area (Å²) in [5, 5.41) is 14.1. The van der Waals surface area contributed by atoms with Crippen molar-refractivity contribution in [1.82, 2.24) is 10.6 Å². The zero-order valence-corrected chi connectivity index (χ0v) is 10.4.